The standard InChI is InChI=1S/C36H37BrN4O4S/c37-30-10-12-31(13-11-30)46(44,45)38-32-21-28(36(43)39-17-15-26(16-18-39)19-25-5-2-1-3-6-25)9-14-34(32)40-22-27-20-29(24-40)33-7-4-8-35(42)41(33)23-27/h1-14,21,26-27,29,38H,15-20,22-24H2. The van der Waals surface area contributed by atoms with Gasteiger partial charge in [0.1, 0.15) is 0 Å². The van der Waals surface area contributed by atoms with Crippen LogP contribution in [0.15, 0.2) is 105 Å². The van der Waals surface area contributed by atoms with Crippen LogP contribution in [0.4, 0.5) is 11.4 Å². The number of nitrogens with zero attached hydrogens (tertiary/aromatic N) is 3. The molecule has 2 fully saturated rings. The van der Waals surface area contributed by atoms with Gasteiger partial charge in [0.05, 0.1) is 16.3 Å². The molecule has 10 heteroatoms. The highest BCUT2D eigenvalue weighted by molar-refractivity contribution is 9.10. The number of carbonyl (C=O) groups is 1. The number of fused-ring (bicyclic) bond motifs is 4. The molecular weight excluding hydrogens is 664 g/mol. The molecule has 46 heavy (non-hydrogen) atoms. The number of benzene rings is 3. The number of carbonyl (C=O) groups excluding carboxylic acids is 1. The van der Waals surface area contributed by atoms with Gasteiger partial charge in [-0.25, -0.2) is 8.42 Å². The summed E-state index contributed by atoms with van der Waals surface area (Å²) in [6, 6.07) is 27.8. The topological polar surface area (TPSA) is 91.7 Å². The highest BCUT2D eigenvalue weighted by Crippen LogP contribution is 2.40. The molecule has 0 aliphatic carbocycles. The second-order valence-corrected chi connectivity index (χ2v) is 15.4. The molecule has 3 aliphatic rings. The number of aromatic nitrogens is 1. The average molecular weight is 702 g/mol. The zero-order valence-corrected chi connectivity index (χ0v) is 27.9. The highest BCUT2D eigenvalue weighted by Gasteiger charge is 2.36. The van der Waals surface area contributed by atoms with E-state index in [9.17, 15) is 18.0 Å². The molecule has 4 aromatic rings. The molecule has 0 radical (unpaired) electrons. The highest BCUT2D eigenvalue weighted by atomic mass is 79.9. The molecule has 7 rings (SSSR count). The predicted octanol–water partition coefficient (Wildman–Crippen LogP) is 6.13. The minimum absolute atomic E-state index is 0.0237. The van der Waals surface area contributed by atoms with Gasteiger partial charge in [-0.2, -0.15) is 0 Å². The first-order valence-electron chi connectivity index (χ1n) is 15.9. The van der Waals surface area contributed by atoms with Crippen LogP contribution >= 0.6 is 15.9 Å². The Morgan fingerprint density at radius 3 is 2.39 bits per heavy atom. The molecule has 2 saturated heterocycles. The Morgan fingerprint density at radius 1 is 0.870 bits per heavy atom. The van der Waals surface area contributed by atoms with E-state index in [0.717, 1.165) is 41.5 Å². The second-order valence-electron chi connectivity index (χ2n) is 12.8. The van der Waals surface area contributed by atoms with Gasteiger partial charge in [0.25, 0.3) is 21.5 Å². The largest absolute Gasteiger partial charge is 0.369 e. The normalized spacial score (nSPS) is 19.8. The van der Waals surface area contributed by atoms with Crippen LogP contribution in [0.25, 0.3) is 0 Å². The Hall–Kier alpha value is -3.89. The summed E-state index contributed by atoms with van der Waals surface area (Å²) < 4.78 is 32.8. The van der Waals surface area contributed by atoms with Crippen LogP contribution in [0.1, 0.15) is 46.8 Å². The molecular formula is C36H37BrN4O4S. The van der Waals surface area contributed by atoms with Gasteiger partial charge in [-0.05, 0) is 91.6 Å². The number of piperidine rings is 2. The fourth-order valence-corrected chi connectivity index (χ4v) is 8.74. The fourth-order valence-electron chi connectivity index (χ4n) is 7.41. The van der Waals surface area contributed by atoms with E-state index in [-0.39, 0.29) is 28.2 Å². The average Bonchev–Trinajstić information content (AvgIpc) is 3.06. The molecule has 238 valence electrons. The van der Waals surface area contributed by atoms with Crippen LogP contribution in [-0.4, -0.2) is 50.0 Å². The molecule has 1 N–H and O–H groups in total. The van der Waals surface area contributed by atoms with Crippen LogP contribution in [0.3, 0.4) is 0 Å². The quantitative estimate of drug-likeness (QED) is 0.251. The molecule has 2 unspecified atom stereocenters. The van der Waals surface area contributed by atoms with Crippen molar-refractivity contribution in [3.8, 4) is 0 Å². The van der Waals surface area contributed by atoms with Crippen molar-refractivity contribution in [2.24, 2.45) is 11.8 Å². The lowest BCUT2D eigenvalue weighted by atomic mass is 9.83. The third-order valence-electron chi connectivity index (χ3n) is 9.70. The van der Waals surface area contributed by atoms with Crippen LogP contribution < -0.4 is 15.2 Å². The number of pyridine rings is 1. The van der Waals surface area contributed by atoms with E-state index < -0.39 is 10.0 Å². The van der Waals surface area contributed by atoms with Gasteiger partial charge in [-0.1, -0.05) is 52.3 Å². The summed E-state index contributed by atoms with van der Waals surface area (Å²) in [5, 5.41) is 0. The SMILES string of the molecule is O=C(c1ccc(N2CC3CC(C2)c2cccc(=O)n2C3)c(NS(=O)(=O)c2ccc(Br)cc2)c1)N1CCC(Cc2ccccc2)CC1. The van der Waals surface area contributed by atoms with E-state index in [2.05, 4.69) is 49.8 Å². The number of rotatable bonds is 7. The molecule has 4 heterocycles. The van der Waals surface area contributed by atoms with Crippen LogP contribution in [0, 0.1) is 11.8 Å². The van der Waals surface area contributed by atoms with Crippen LogP contribution in [0.2, 0.25) is 0 Å². The Morgan fingerprint density at radius 2 is 1.63 bits per heavy atom. The Balaban J connectivity index is 1.15. The van der Waals surface area contributed by atoms with Gasteiger partial charge in [0, 0.05) is 60.4 Å². The van der Waals surface area contributed by atoms with E-state index in [1.165, 1.54) is 5.56 Å². The van der Waals surface area contributed by atoms with Gasteiger partial charge in [-0.3, -0.25) is 14.3 Å². The minimum atomic E-state index is -3.94. The number of nitrogens with one attached hydrogen (secondary N) is 1. The molecule has 2 atom stereocenters. The smallest absolute Gasteiger partial charge is 0.261 e. The van der Waals surface area contributed by atoms with Crippen molar-refractivity contribution in [3.63, 3.8) is 0 Å². The van der Waals surface area contributed by atoms with Crippen molar-refractivity contribution < 1.29 is 13.2 Å². The maximum atomic E-state index is 13.8. The Kier molecular flexibility index (Phi) is 8.50. The summed E-state index contributed by atoms with van der Waals surface area (Å²) in [5.41, 5.74) is 3.96. The van der Waals surface area contributed by atoms with Crippen molar-refractivity contribution in [2.75, 3.05) is 35.8 Å². The van der Waals surface area contributed by atoms with Gasteiger partial charge in [0.2, 0.25) is 0 Å². The monoisotopic (exact) mass is 700 g/mol. The molecule has 2 bridgehead atoms. The summed E-state index contributed by atoms with van der Waals surface area (Å²) in [7, 11) is -3.94. The maximum absolute atomic E-state index is 13.8. The van der Waals surface area contributed by atoms with E-state index in [0.29, 0.717) is 49.9 Å². The number of halogens is 1. The van der Waals surface area contributed by atoms with Gasteiger partial charge in [0.15, 0.2) is 0 Å². The summed E-state index contributed by atoms with van der Waals surface area (Å²) in [5.74, 6) is 0.843. The Bertz CT molecular complexity index is 1900. The molecule has 1 amide bonds. The summed E-state index contributed by atoms with van der Waals surface area (Å²) in [4.78, 5) is 30.6. The number of anilines is 2. The third kappa shape index (κ3) is 6.37. The maximum Gasteiger partial charge on any atom is 0.261 e. The molecule has 3 aromatic carbocycles. The molecule has 8 nitrogen and oxygen atoms in total. The molecule has 0 saturated carbocycles. The van der Waals surface area contributed by atoms with E-state index in [1.807, 2.05) is 39.8 Å². The summed E-state index contributed by atoms with van der Waals surface area (Å²) in [6.07, 6.45) is 3.86. The Labute approximate surface area is 278 Å². The summed E-state index contributed by atoms with van der Waals surface area (Å²) >= 11 is 3.38. The number of hydrogen-bond acceptors (Lipinski definition) is 5. The first-order chi connectivity index (χ1) is 22.2. The van der Waals surface area contributed by atoms with E-state index >= 15 is 0 Å². The molecule has 0 spiro atoms. The first kappa shape index (κ1) is 30.7. The number of amides is 1. The van der Waals surface area contributed by atoms with Crippen molar-refractivity contribution in [1.82, 2.24) is 9.47 Å². The number of hydrogen-bond donors (Lipinski definition) is 1. The van der Waals surface area contributed by atoms with Gasteiger partial charge >= 0.3 is 0 Å². The zero-order chi connectivity index (χ0) is 31.8. The predicted molar refractivity (Wildman–Crippen MR) is 184 cm³/mol. The van der Waals surface area contributed by atoms with E-state index in [4.69, 9.17) is 0 Å². The lowest BCUT2D eigenvalue weighted by Crippen LogP contribution is -2.47. The van der Waals surface area contributed by atoms with Crippen molar-refractivity contribution in [3.05, 3.63) is 123 Å². The third-order valence-corrected chi connectivity index (χ3v) is 11.6. The van der Waals surface area contributed by atoms with Crippen LogP contribution in [-0.2, 0) is 23.0 Å². The van der Waals surface area contributed by atoms with Gasteiger partial charge < -0.3 is 14.4 Å². The first-order valence-corrected chi connectivity index (χ1v) is 18.2. The minimum Gasteiger partial charge on any atom is -0.369 e. The second kappa shape index (κ2) is 12.7. The summed E-state index contributed by atoms with van der Waals surface area (Å²) in [6.45, 7) is 3.32. The van der Waals surface area contributed by atoms with Gasteiger partial charge in [-0.15, -0.1) is 0 Å². The van der Waals surface area contributed by atoms with Crippen LogP contribution in [0.5, 0.6) is 0 Å². The van der Waals surface area contributed by atoms with Crippen molar-refractivity contribution >= 4 is 43.2 Å². The van der Waals surface area contributed by atoms with Crippen molar-refractivity contribution in [2.45, 2.75) is 43.0 Å². The molecule has 1 aromatic heterocycles. The van der Waals surface area contributed by atoms with Crippen molar-refractivity contribution in [1.29, 1.82) is 0 Å². The lowest BCUT2D eigenvalue weighted by molar-refractivity contribution is 0.0690. The lowest BCUT2D eigenvalue weighted by Gasteiger charge is -2.44. The fraction of sp³-hybridized carbons (Fsp3) is 0.333. The molecule has 3 aliphatic heterocycles. The number of sulfonamides is 1. The zero-order valence-electron chi connectivity index (χ0n) is 25.5. The van der Waals surface area contributed by atoms with E-state index in [1.54, 1.807) is 36.4 Å². The number of likely N-dealkylation sites (tertiary alicyclic amines) is 1.